The number of hydrogen-bond donors (Lipinski definition) is 1. The molecule has 1 aromatic rings. The summed E-state index contributed by atoms with van der Waals surface area (Å²) < 4.78 is 5.69. The summed E-state index contributed by atoms with van der Waals surface area (Å²) >= 11 is 0. The number of rotatable bonds is 4. The van der Waals surface area contributed by atoms with Gasteiger partial charge >= 0.3 is 5.97 Å². The molecular weight excluding hydrogens is 282 g/mol. The number of likely N-dealkylation sites (tertiary alicyclic amines) is 1. The van der Waals surface area contributed by atoms with E-state index in [4.69, 9.17) is 4.74 Å². The minimum absolute atomic E-state index is 0.0269. The maximum absolute atomic E-state index is 12.8. The van der Waals surface area contributed by atoms with Crippen LogP contribution in [0.3, 0.4) is 0 Å². The van der Waals surface area contributed by atoms with Crippen molar-refractivity contribution in [2.24, 2.45) is 11.8 Å². The van der Waals surface area contributed by atoms with E-state index in [1.807, 2.05) is 26.8 Å². The number of carbonyl (C=O) groups excluding carboxylic acids is 1. The molecule has 5 nitrogen and oxygen atoms in total. The second-order valence-corrected chi connectivity index (χ2v) is 6.25. The van der Waals surface area contributed by atoms with Crippen LogP contribution in [0.4, 0.5) is 0 Å². The lowest BCUT2D eigenvalue weighted by molar-refractivity contribution is -0.143. The Morgan fingerprint density at radius 3 is 2.59 bits per heavy atom. The number of hydrogen-bond acceptors (Lipinski definition) is 3. The van der Waals surface area contributed by atoms with Gasteiger partial charge in [-0.05, 0) is 38.3 Å². The SMILES string of the molecule is CC1CC(C(=O)O)CN(C(=O)c2ccccc2OC(C)C)C1. The molecule has 1 aliphatic rings. The summed E-state index contributed by atoms with van der Waals surface area (Å²) in [6.07, 6.45) is 0.587. The zero-order valence-electron chi connectivity index (χ0n) is 13.3. The predicted molar refractivity (Wildman–Crippen MR) is 83.0 cm³/mol. The van der Waals surface area contributed by atoms with Crippen molar-refractivity contribution in [2.45, 2.75) is 33.3 Å². The Morgan fingerprint density at radius 1 is 1.27 bits per heavy atom. The molecule has 0 radical (unpaired) electrons. The fourth-order valence-corrected chi connectivity index (χ4v) is 2.87. The molecule has 120 valence electrons. The number of benzene rings is 1. The summed E-state index contributed by atoms with van der Waals surface area (Å²) in [6.45, 7) is 6.63. The van der Waals surface area contributed by atoms with Crippen LogP contribution in [0, 0.1) is 11.8 Å². The standard InChI is InChI=1S/C17H23NO4/c1-11(2)22-15-7-5-4-6-14(15)16(19)18-9-12(3)8-13(10-18)17(20)21/h4-7,11-13H,8-10H2,1-3H3,(H,20,21). The third-order valence-corrected chi connectivity index (χ3v) is 3.78. The molecular formula is C17H23NO4. The Morgan fingerprint density at radius 2 is 1.95 bits per heavy atom. The van der Waals surface area contributed by atoms with Crippen molar-refractivity contribution in [3.05, 3.63) is 29.8 Å². The average Bonchev–Trinajstić information content (AvgIpc) is 2.45. The van der Waals surface area contributed by atoms with E-state index in [9.17, 15) is 14.7 Å². The molecule has 1 amide bonds. The number of aliphatic carboxylic acids is 1. The van der Waals surface area contributed by atoms with Gasteiger partial charge in [0.2, 0.25) is 0 Å². The van der Waals surface area contributed by atoms with Gasteiger partial charge < -0.3 is 14.7 Å². The highest BCUT2D eigenvalue weighted by molar-refractivity contribution is 5.97. The molecule has 5 heteroatoms. The molecule has 1 saturated heterocycles. The fraction of sp³-hybridized carbons (Fsp3) is 0.529. The molecule has 22 heavy (non-hydrogen) atoms. The lowest BCUT2D eigenvalue weighted by Crippen LogP contribution is -2.45. The highest BCUT2D eigenvalue weighted by atomic mass is 16.5. The first kappa shape index (κ1) is 16.3. The van der Waals surface area contributed by atoms with Gasteiger partial charge in [-0.15, -0.1) is 0 Å². The van der Waals surface area contributed by atoms with Gasteiger partial charge in [-0.1, -0.05) is 19.1 Å². The summed E-state index contributed by atoms with van der Waals surface area (Å²) in [6, 6.07) is 7.13. The largest absolute Gasteiger partial charge is 0.490 e. The molecule has 2 rings (SSSR count). The zero-order valence-corrected chi connectivity index (χ0v) is 13.3. The zero-order chi connectivity index (χ0) is 16.3. The van der Waals surface area contributed by atoms with Crippen molar-refractivity contribution in [2.75, 3.05) is 13.1 Å². The number of carbonyl (C=O) groups is 2. The smallest absolute Gasteiger partial charge is 0.308 e. The van der Waals surface area contributed by atoms with Crippen molar-refractivity contribution in [1.29, 1.82) is 0 Å². The van der Waals surface area contributed by atoms with Gasteiger partial charge in [-0.2, -0.15) is 0 Å². The lowest BCUT2D eigenvalue weighted by Gasteiger charge is -2.35. The number of nitrogens with zero attached hydrogens (tertiary/aromatic N) is 1. The fourth-order valence-electron chi connectivity index (χ4n) is 2.87. The van der Waals surface area contributed by atoms with Gasteiger partial charge in [0.15, 0.2) is 0 Å². The number of carboxylic acids is 1. The Balaban J connectivity index is 2.22. The number of piperidine rings is 1. The summed E-state index contributed by atoms with van der Waals surface area (Å²) in [5, 5.41) is 9.24. The third-order valence-electron chi connectivity index (χ3n) is 3.78. The van der Waals surface area contributed by atoms with E-state index in [1.54, 1.807) is 23.1 Å². The van der Waals surface area contributed by atoms with Gasteiger partial charge in [0.1, 0.15) is 5.75 Å². The van der Waals surface area contributed by atoms with Crippen LogP contribution in [-0.2, 0) is 4.79 Å². The van der Waals surface area contributed by atoms with Crippen LogP contribution in [0.25, 0.3) is 0 Å². The number of amides is 1. The van der Waals surface area contributed by atoms with E-state index in [2.05, 4.69) is 0 Å². The first-order valence-corrected chi connectivity index (χ1v) is 7.66. The van der Waals surface area contributed by atoms with E-state index in [0.717, 1.165) is 0 Å². The molecule has 2 atom stereocenters. The monoisotopic (exact) mass is 305 g/mol. The molecule has 1 aliphatic heterocycles. The van der Waals surface area contributed by atoms with Crippen LogP contribution in [0.15, 0.2) is 24.3 Å². The van der Waals surface area contributed by atoms with Crippen molar-refractivity contribution in [3.8, 4) is 5.75 Å². The molecule has 2 unspecified atom stereocenters. The first-order valence-electron chi connectivity index (χ1n) is 7.66. The molecule has 1 heterocycles. The second-order valence-electron chi connectivity index (χ2n) is 6.25. The second kappa shape index (κ2) is 6.81. The Labute approximate surface area is 130 Å². The van der Waals surface area contributed by atoms with E-state index < -0.39 is 11.9 Å². The molecule has 0 aliphatic carbocycles. The molecule has 1 N–H and O–H groups in total. The van der Waals surface area contributed by atoms with E-state index in [1.165, 1.54) is 0 Å². The molecule has 0 saturated carbocycles. The van der Waals surface area contributed by atoms with Crippen LogP contribution < -0.4 is 4.74 Å². The molecule has 0 spiro atoms. The molecule has 1 fully saturated rings. The van der Waals surface area contributed by atoms with Crippen LogP contribution in [-0.4, -0.2) is 41.1 Å². The Bertz CT molecular complexity index is 555. The van der Waals surface area contributed by atoms with Crippen LogP contribution >= 0.6 is 0 Å². The van der Waals surface area contributed by atoms with Crippen molar-refractivity contribution < 1.29 is 19.4 Å². The van der Waals surface area contributed by atoms with E-state index in [-0.39, 0.29) is 24.5 Å². The number of ether oxygens (including phenoxy) is 1. The van der Waals surface area contributed by atoms with Gasteiger partial charge in [0, 0.05) is 13.1 Å². The van der Waals surface area contributed by atoms with E-state index >= 15 is 0 Å². The molecule has 0 bridgehead atoms. The topological polar surface area (TPSA) is 66.8 Å². The average molecular weight is 305 g/mol. The predicted octanol–water partition coefficient (Wildman–Crippen LogP) is 2.66. The van der Waals surface area contributed by atoms with Gasteiger partial charge in [0.25, 0.3) is 5.91 Å². The lowest BCUT2D eigenvalue weighted by atomic mass is 9.90. The van der Waals surface area contributed by atoms with Crippen molar-refractivity contribution >= 4 is 11.9 Å². The quantitative estimate of drug-likeness (QED) is 0.928. The van der Waals surface area contributed by atoms with Gasteiger partial charge in [-0.25, -0.2) is 0 Å². The normalized spacial score (nSPS) is 21.7. The molecule has 0 aromatic heterocycles. The number of carboxylic acid groups (broad SMARTS) is 1. The highest BCUT2D eigenvalue weighted by Gasteiger charge is 2.33. The van der Waals surface area contributed by atoms with Gasteiger partial charge in [0.05, 0.1) is 17.6 Å². The maximum Gasteiger partial charge on any atom is 0.308 e. The van der Waals surface area contributed by atoms with Crippen molar-refractivity contribution in [1.82, 2.24) is 4.90 Å². The Hall–Kier alpha value is -2.04. The van der Waals surface area contributed by atoms with Gasteiger partial charge in [-0.3, -0.25) is 9.59 Å². The van der Waals surface area contributed by atoms with Crippen LogP contribution in [0.2, 0.25) is 0 Å². The number of para-hydroxylation sites is 1. The molecule has 1 aromatic carbocycles. The van der Waals surface area contributed by atoms with E-state index in [0.29, 0.717) is 24.3 Å². The third kappa shape index (κ3) is 3.78. The Kier molecular flexibility index (Phi) is 5.06. The van der Waals surface area contributed by atoms with Crippen molar-refractivity contribution in [3.63, 3.8) is 0 Å². The first-order chi connectivity index (χ1) is 10.4. The minimum atomic E-state index is -0.837. The van der Waals surface area contributed by atoms with Crippen LogP contribution in [0.1, 0.15) is 37.6 Å². The summed E-state index contributed by atoms with van der Waals surface area (Å²) in [5.74, 6) is -0.763. The summed E-state index contributed by atoms with van der Waals surface area (Å²) in [7, 11) is 0. The van der Waals surface area contributed by atoms with Crippen LogP contribution in [0.5, 0.6) is 5.75 Å². The minimum Gasteiger partial charge on any atom is -0.490 e. The summed E-state index contributed by atoms with van der Waals surface area (Å²) in [5.41, 5.74) is 0.495. The maximum atomic E-state index is 12.8. The highest BCUT2D eigenvalue weighted by Crippen LogP contribution is 2.26. The summed E-state index contributed by atoms with van der Waals surface area (Å²) in [4.78, 5) is 25.7.